The number of non-ortho nitro benzene ring substituents is 5. The van der Waals surface area contributed by atoms with Crippen LogP contribution in [0.4, 0.5) is 45.5 Å². The number of aromatic carboxylic acids is 2. The van der Waals surface area contributed by atoms with Crippen LogP contribution in [0.25, 0.3) is 44.8 Å². The number of carboxylic acid groups (broad SMARTS) is 2. The second kappa shape index (κ2) is 49.0. The third-order valence-electron chi connectivity index (χ3n) is 12.6. The predicted octanol–water partition coefficient (Wildman–Crippen LogP) is 6.98. The van der Waals surface area contributed by atoms with Gasteiger partial charge >= 0.3 is 46.7 Å². The van der Waals surface area contributed by atoms with E-state index in [1.807, 2.05) is 0 Å². The van der Waals surface area contributed by atoms with Crippen LogP contribution in [0.15, 0.2) is 189 Å². The Morgan fingerprint density at radius 2 is 0.853 bits per heavy atom. The third-order valence-corrected chi connectivity index (χ3v) is 13.1. The van der Waals surface area contributed by atoms with Crippen LogP contribution in [0.2, 0.25) is 5.15 Å². The maximum atomic E-state index is 12.0. The minimum absolute atomic E-state index is 0. The molecule has 3 amide bonds. The van der Waals surface area contributed by atoms with Crippen molar-refractivity contribution in [1.82, 2.24) is 69.8 Å². The zero-order valence-corrected chi connectivity index (χ0v) is 65.3. The van der Waals surface area contributed by atoms with Gasteiger partial charge in [-0.1, -0.05) is 11.6 Å². The summed E-state index contributed by atoms with van der Waals surface area (Å²) in [6.45, 7) is 1.93. The molecule has 53 heteroatoms. The number of amides is 3. The number of aromatic nitrogens is 14. The number of primary amides is 1. The Kier molecular flexibility index (Phi) is 41.6. The Hall–Kier alpha value is -13.6. The second-order valence-electron chi connectivity index (χ2n) is 20.0. The van der Waals surface area contributed by atoms with E-state index >= 15 is 0 Å². The number of halogens is 5. The molecular formula is C63H50Cl5N23NaO23P. The largest absolute Gasteiger partial charge is 1.00 e. The minimum Gasteiger partial charge on any atom is -0.870 e. The van der Waals surface area contributed by atoms with Gasteiger partial charge in [-0.3, -0.25) is 104 Å². The molecule has 0 radical (unpaired) electrons. The summed E-state index contributed by atoms with van der Waals surface area (Å²) in [6, 6.07) is 17.9. The molecule has 5 aromatic carbocycles. The number of aliphatic hydroxyl groups is 2. The Labute approximate surface area is 692 Å². The average molecular weight is 1730 g/mol. The van der Waals surface area contributed by atoms with E-state index in [0.29, 0.717) is 33.6 Å². The number of carbonyl (C=O) groups excluding carboxylic acids is 4. The van der Waals surface area contributed by atoms with Gasteiger partial charge in [-0.05, 0) is 82.6 Å². The minimum atomic E-state index is -3.22. The number of carboxylic acids is 2. The smallest absolute Gasteiger partial charge is 0.870 e. The summed E-state index contributed by atoms with van der Waals surface area (Å²) >= 11 is 25.0. The number of rotatable bonds is 15. The van der Waals surface area contributed by atoms with Crippen molar-refractivity contribution in [3.8, 4) is 23.0 Å². The third kappa shape index (κ3) is 32.2. The first-order valence-electron chi connectivity index (χ1n) is 30.1. The molecule has 7 aromatic heterocycles. The predicted molar refractivity (Wildman–Crippen MR) is 409 cm³/mol. The molecule has 0 aliphatic carbocycles. The van der Waals surface area contributed by atoms with Gasteiger partial charge in [-0.2, -0.15) is 0 Å². The molecule has 0 unspecified atom stereocenters. The second-order valence-corrected chi connectivity index (χ2v) is 27.3. The van der Waals surface area contributed by atoms with Crippen molar-refractivity contribution in [2.45, 2.75) is 6.92 Å². The van der Waals surface area contributed by atoms with Crippen LogP contribution in [0.3, 0.4) is 0 Å². The maximum Gasteiger partial charge on any atom is 1.00 e. The van der Waals surface area contributed by atoms with Crippen molar-refractivity contribution < 1.29 is 113 Å². The summed E-state index contributed by atoms with van der Waals surface area (Å²) in [5.41, 5.74) is 9.97. The number of aromatic amines is 1. The van der Waals surface area contributed by atoms with Gasteiger partial charge in [0.25, 0.3) is 57.0 Å². The van der Waals surface area contributed by atoms with Crippen molar-refractivity contribution in [3.63, 3.8) is 0 Å². The van der Waals surface area contributed by atoms with E-state index in [1.165, 1.54) is 141 Å². The number of nitro groups is 5. The van der Waals surface area contributed by atoms with Gasteiger partial charge in [-0.25, -0.2) is 49.5 Å². The fraction of sp³-hybridized carbons (Fsp3) is 0.0476. The Morgan fingerprint density at radius 1 is 0.509 bits per heavy atom. The SMILES string of the molecule is CCO.CO.NC(=O)c1cc([N+](=O)[O-])ccc1NC(=O)c1cnccn1.Nc1ccc([N+](=O)[O-])cc1C(=O)O.O=C(Cl)c1cnccn1.O=C(Nc1ccc([N+](=O)[O-])cc1C(=O)O)c1cnccn1.O=P(Cl)(Cl)Cl.O=[N+]([O-])c1ccc2nc(-c3cnccn3)nc(Cl)c2c1.O=c1[nH]c(-c2cnccn2)nc2ccc([N+](=O)[O-])cc12.[Na+].[OH-]. The number of hydrogen-bond acceptors (Lipinski definition) is 35. The quantitative estimate of drug-likeness (QED) is 0.00949. The molecule has 0 bridgehead atoms. The van der Waals surface area contributed by atoms with Gasteiger partial charge in [0.2, 0.25) is 0 Å². The van der Waals surface area contributed by atoms with Crippen molar-refractivity contribution in [1.29, 1.82) is 0 Å². The molecule has 12 N–H and O–H groups in total. The molecule has 596 valence electrons. The number of H-pyrrole nitrogens is 1. The molecule has 0 spiro atoms. The molecule has 7 heterocycles. The standard InChI is InChI=1S/C12H6ClN5O2.C12H9N5O4.C12H7N5O3.C12H8N4O5.C7H6N2O4.C5H3ClN2O.C2H6O.CH4O.Cl3OP.Na.H2O/c13-11-8-5-7(18(19)20)1-2-9(8)16-12(17-11)10-6-14-3-4-15-10;13-11(18)8-5-7(17(20)21)1-2-9(8)16-12(19)10-6-14-3-4-15-10;18-12-8-5-7(17(19)20)1-2-9(8)15-11(16-12)10-6-13-3-4-14-10;17-11(10-6-13-3-4-14-10)15-9-2-1-7(16(20)21)5-8(9)12(18)19;8-6-2-1-4(9(12)13)3-5(6)7(10)11;6-5(9)4-3-7-1-2-8-4;1-2-3;1-2;1-5(2,3)4;;/h1-6H;1-6H,(H2,13,18)(H,16,19);1-6H,(H,15,16,18);1-6H,(H,15,17)(H,18,19);1-3H,8H2,(H,10,11);1-3H;3H,2H2,1H3;2H,1H3;;;1H2/q;;;;;;;;;+1;/p-1. The van der Waals surface area contributed by atoms with Gasteiger partial charge in [0.05, 0.1) is 100 Å². The van der Waals surface area contributed by atoms with Crippen LogP contribution >= 0.6 is 62.1 Å². The fourth-order valence-electron chi connectivity index (χ4n) is 7.84. The van der Waals surface area contributed by atoms with E-state index < -0.39 is 70.3 Å². The normalized spacial score (nSPS) is 9.73. The van der Waals surface area contributed by atoms with Crippen LogP contribution in [-0.4, -0.2) is 169 Å². The van der Waals surface area contributed by atoms with E-state index in [1.54, 1.807) is 6.92 Å². The van der Waals surface area contributed by atoms with Crippen LogP contribution in [0, 0.1) is 50.6 Å². The molecule has 0 aliphatic rings. The number of carbonyl (C=O) groups is 6. The molecule has 0 saturated heterocycles. The number of aliphatic hydroxyl groups excluding tert-OH is 2. The number of fused-ring (bicyclic) bond motifs is 2. The van der Waals surface area contributed by atoms with Crippen LogP contribution in [0.1, 0.15) is 69.5 Å². The van der Waals surface area contributed by atoms with E-state index in [0.717, 1.165) is 49.6 Å². The zero-order chi connectivity index (χ0) is 84.9. The Bertz CT molecular complexity index is 5460. The molecule has 0 fully saturated rings. The summed E-state index contributed by atoms with van der Waals surface area (Å²) in [5.74, 6) is -4.25. The van der Waals surface area contributed by atoms with E-state index in [-0.39, 0.29) is 137 Å². The number of nitro benzene ring substituents is 5. The maximum absolute atomic E-state index is 12.0. The van der Waals surface area contributed by atoms with Gasteiger partial charge in [0.15, 0.2) is 11.6 Å². The summed E-state index contributed by atoms with van der Waals surface area (Å²) in [6.07, 6.45) is 21.1. The summed E-state index contributed by atoms with van der Waals surface area (Å²) in [7, 11) is 1.00. The van der Waals surface area contributed by atoms with Crippen molar-refractivity contribution in [3.05, 3.63) is 284 Å². The molecular weight excluding hydrogens is 1680 g/mol. The van der Waals surface area contributed by atoms with Crippen molar-refractivity contribution in [2.75, 3.05) is 30.1 Å². The topological polar surface area (TPSA) is 723 Å². The summed E-state index contributed by atoms with van der Waals surface area (Å²) in [5, 5.41) is 86.9. The van der Waals surface area contributed by atoms with E-state index in [4.69, 9.17) is 55.1 Å². The molecule has 0 atom stereocenters. The number of nitrogen functional groups attached to an aromatic ring is 1. The molecule has 12 aromatic rings. The molecule has 116 heavy (non-hydrogen) atoms. The first kappa shape index (κ1) is 98.4. The van der Waals surface area contributed by atoms with Crippen molar-refractivity contribution >= 4 is 164 Å². The molecule has 12 rings (SSSR count). The first-order chi connectivity index (χ1) is 54.0. The average Bonchev–Trinajstić information content (AvgIpc) is 0.793. The van der Waals surface area contributed by atoms with Crippen molar-refractivity contribution in [2.24, 2.45) is 5.73 Å². The van der Waals surface area contributed by atoms with Gasteiger partial charge < -0.3 is 53.0 Å². The van der Waals surface area contributed by atoms with Crippen LogP contribution in [0.5, 0.6) is 0 Å². The Balaban J connectivity index is 0.000000466. The number of nitrogens with zero attached hydrogens (tertiary/aromatic N) is 18. The monoisotopic (exact) mass is 1730 g/mol. The van der Waals surface area contributed by atoms with Crippen LogP contribution in [-0.2, 0) is 4.57 Å². The molecule has 0 aliphatic heterocycles. The zero-order valence-electron chi connectivity index (χ0n) is 58.7. The number of nitrogens with one attached hydrogen (secondary N) is 3. The number of nitrogens with two attached hydrogens (primary N) is 2. The van der Waals surface area contributed by atoms with E-state index in [2.05, 4.69) is 114 Å². The molecule has 0 saturated carbocycles. The van der Waals surface area contributed by atoms with E-state index in [9.17, 15) is 88.7 Å². The number of anilines is 3. The van der Waals surface area contributed by atoms with Crippen LogP contribution < -0.4 is 57.2 Å². The van der Waals surface area contributed by atoms with Gasteiger partial charge in [0.1, 0.15) is 33.6 Å². The molecule has 46 nitrogen and oxygen atoms in total. The summed E-state index contributed by atoms with van der Waals surface area (Å²) in [4.78, 5) is 182. The fourth-order valence-corrected chi connectivity index (χ4v) is 8.17. The summed E-state index contributed by atoms with van der Waals surface area (Å²) < 4.78 is 9.51. The number of benzene rings is 5. The number of hydrogen-bond donors (Lipinski definition) is 9. The van der Waals surface area contributed by atoms with Gasteiger partial charge in [-0.15, -0.1) is 0 Å². The Morgan fingerprint density at radius 3 is 1.22 bits per heavy atom. The first-order valence-corrected chi connectivity index (χ1v) is 35.2. The van der Waals surface area contributed by atoms with Gasteiger partial charge in [0, 0.05) is 147 Å².